The summed E-state index contributed by atoms with van der Waals surface area (Å²) in [5, 5.41) is 5.53. The van der Waals surface area contributed by atoms with Crippen molar-refractivity contribution in [3.8, 4) is 0 Å². The van der Waals surface area contributed by atoms with Crippen LogP contribution < -0.4 is 10.6 Å². The number of nitrogens with one attached hydrogen (secondary N) is 2. The normalized spacial score (nSPS) is 12.3. The van der Waals surface area contributed by atoms with Crippen LogP contribution in [-0.2, 0) is 14.3 Å². The van der Waals surface area contributed by atoms with Crippen LogP contribution in [0.15, 0.2) is 18.2 Å². The zero-order valence-electron chi connectivity index (χ0n) is 21.0. The van der Waals surface area contributed by atoms with E-state index in [9.17, 15) is 14.4 Å². The van der Waals surface area contributed by atoms with Gasteiger partial charge >= 0.3 is 6.09 Å². The lowest BCUT2D eigenvalue weighted by molar-refractivity contribution is -0.142. The lowest BCUT2D eigenvalue weighted by Gasteiger charge is -2.35. The Morgan fingerprint density at radius 2 is 1.72 bits per heavy atom. The van der Waals surface area contributed by atoms with Gasteiger partial charge in [-0.2, -0.15) is 0 Å². The molecular formula is C25H41N3O4. The van der Waals surface area contributed by atoms with Gasteiger partial charge in [-0.3, -0.25) is 9.59 Å². The van der Waals surface area contributed by atoms with Gasteiger partial charge in [-0.05, 0) is 71.6 Å². The molecule has 0 spiro atoms. The fourth-order valence-corrected chi connectivity index (χ4v) is 3.45. The molecular weight excluding hydrogens is 406 g/mol. The first-order valence-corrected chi connectivity index (χ1v) is 11.5. The molecule has 32 heavy (non-hydrogen) atoms. The third-order valence-electron chi connectivity index (χ3n) is 5.17. The van der Waals surface area contributed by atoms with Crippen LogP contribution in [0.4, 0.5) is 4.79 Å². The minimum absolute atomic E-state index is 0.214. The van der Waals surface area contributed by atoms with Crippen molar-refractivity contribution in [3.05, 3.63) is 34.9 Å². The van der Waals surface area contributed by atoms with Gasteiger partial charge in [0.1, 0.15) is 18.2 Å². The highest BCUT2D eigenvalue weighted by Gasteiger charge is 2.34. The molecule has 0 bridgehead atoms. The molecule has 0 aliphatic rings. The second-order valence-corrected chi connectivity index (χ2v) is 9.44. The van der Waals surface area contributed by atoms with Gasteiger partial charge in [0.05, 0.1) is 0 Å². The fraction of sp³-hybridized carbons (Fsp3) is 0.640. The molecule has 0 saturated carbocycles. The van der Waals surface area contributed by atoms with Crippen LogP contribution in [-0.4, -0.2) is 47.5 Å². The second kappa shape index (κ2) is 12.5. The van der Waals surface area contributed by atoms with E-state index in [2.05, 4.69) is 17.6 Å². The largest absolute Gasteiger partial charge is 0.444 e. The van der Waals surface area contributed by atoms with Crippen molar-refractivity contribution in [2.45, 2.75) is 92.3 Å². The number of hydrogen-bond donors (Lipinski definition) is 2. The Kier molecular flexibility index (Phi) is 10.7. The Balaban J connectivity index is 3.18. The lowest BCUT2D eigenvalue weighted by Crippen LogP contribution is -2.50. The Labute approximate surface area is 193 Å². The Hall–Kier alpha value is -2.57. The third-order valence-corrected chi connectivity index (χ3v) is 5.17. The maximum Gasteiger partial charge on any atom is 0.408 e. The van der Waals surface area contributed by atoms with Crippen LogP contribution in [0.1, 0.15) is 83.5 Å². The van der Waals surface area contributed by atoms with Crippen LogP contribution in [0.5, 0.6) is 0 Å². The molecule has 1 aromatic rings. The number of aryl methyl sites for hydroxylation is 1. The van der Waals surface area contributed by atoms with Gasteiger partial charge < -0.3 is 20.3 Å². The molecule has 1 atom stereocenters. The molecule has 0 fully saturated rings. The topological polar surface area (TPSA) is 87.7 Å². The van der Waals surface area contributed by atoms with Crippen LogP contribution in [0.25, 0.3) is 0 Å². The molecule has 0 radical (unpaired) electrons. The van der Waals surface area contributed by atoms with Crippen molar-refractivity contribution in [1.29, 1.82) is 0 Å². The van der Waals surface area contributed by atoms with E-state index in [1.807, 2.05) is 45.9 Å². The number of hydrogen-bond acceptors (Lipinski definition) is 4. The summed E-state index contributed by atoms with van der Waals surface area (Å²) < 4.78 is 5.23. The molecule has 3 amide bonds. The predicted octanol–water partition coefficient (Wildman–Crippen LogP) is 4.41. The first-order chi connectivity index (χ1) is 14.9. The molecule has 0 saturated heterocycles. The number of carbonyl (C=O) groups is 3. The minimum Gasteiger partial charge on any atom is -0.444 e. The Morgan fingerprint density at radius 1 is 1.06 bits per heavy atom. The summed E-state index contributed by atoms with van der Waals surface area (Å²) in [6, 6.07) is 4.74. The number of rotatable bonds is 10. The first-order valence-electron chi connectivity index (χ1n) is 11.5. The molecule has 7 heteroatoms. The van der Waals surface area contributed by atoms with E-state index < -0.39 is 17.7 Å². The van der Waals surface area contributed by atoms with Crippen LogP contribution in [0, 0.1) is 13.8 Å². The van der Waals surface area contributed by atoms with Gasteiger partial charge in [-0.15, -0.1) is 0 Å². The molecule has 0 heterocycles. The zero-order chi connectivity index (χ0) is 24.5. The van der Waals surface area contributed by atoms with Crippen molar-refractivity contribution < 1.29 is 19.1 Å². The van der Waals surface area contributed by atoms with Crippen molar-refractivity contribution >= 4 is 17.9 Å². The number of benzene rings is 1. The summed E-state index contributed by atoms with van der Waals surface area (Å²) in [5.41, 5.74) is 2.15. The molecule has 1 rings (SSSR count). The molecule has 1 unspecified atom stereocenters. The maximum atomic E-state index is 13.3. The summed E-state index contributed by atoms with van der Waals surface area (Å²) in [4.78, 5) is 40.1. The van der Waals surface area contributed by atoms with Gasteiger partial charge in [0.2, 0.25) is 11.8 Å². The smallest absolute Gasteiger partial charge is 0.408 e. The Morgan fingerprint density at radius 3 is 2.28 bits per heavy atom. The van der Waals surface area contributed by atoms with Gasteiger partial charge in [0.15, 0.2) is 0 Å². The number of nitrogens with zero attached hydrogens (tertiary/aromatic N) is 1. The molecule has 1 aromatic carbocycles. The van der Waals surface area contributed by atoms with Crippen molar-refractivity contribution in [2.75, 3.05) is 13.1 Å². The van der Waals surface area contributed by atoms with Crippen LogP contribution in [0.3, 0.4) is 0 Å². The van der Waals surface area contributed by atoms with Gasteiger partial charge in [-0.1, -0.05) is 38.0 Å². The fourth-order valence-electron chi connectivity index (χ4n) is 3.45. The number of amides is 3. The summed E-state index contributed by atoms with van der Waals surface area (Å²) in [6.45, 7) is 15.4. The predicted molar refractivity (Wildman–Crippen MR) is 127 cm³/mol. The average molecular weight is 448 g/mol. The van der Waals surface area contributed by atoms with E-state index in [1.54, 1.807) is 25.7 Å². The van der Waals surface area contributed by atoms with Crippen LogP contribution >= 0.6 is 0 Å². The standard InChI is InChI=1S/C25H41N3O4/c1-9-10-11-15-26-23(30)22(20-14-12-13-18(4)19(20)5)28(17(2)3)21(29)16-27-24(31)32-25(6,7)8/h12-14,17,22H,9-11,15-16H2,1-8H3,(H,26,30)(H,27,31). The monoisotopic (exact) mass is 447 g/mol. The molecule has 2 N–H and O–H groups in total. The minimum atomic E-state index is -0.788. The highest BCUT2D eigenvalue weighted by atomic mass is 16.6. The number of carbonyl (C=O) groups excluding carboxylic acids is 3. The summed E-state index contributed by atoms with van der Waals surface area (Å²) >= 11 is 0. The average Bonchev–Trinajstić information content (AvgIpc) is 2.68. The summed E-state index contributed by atoms with van der Waals surface area (Å²) in [6.07, 6.45) is 2.31. The number of unbranched alkanes of at least 4 members (excludes halogenated alkanes) is 2. The molecule has 0 aliphatic heterocycles. The maximum absolute atomic E-state index is 13.3. The number of alkyl carbamates (subject to hydrolysis) is 1. The Bertz CT molecular complexity index is 784. The first kappa shape index (κ1) is 27.5. The van der Waals surface area contributed by atoms with E-state index >= 15 is 0 Å². The highest BCUT2D eigenvalue weighted by molar-refractivity contribution is 5.91. The molecule has 7 nitrogen and oxygen atoms in total. The SMILES string of the molecule is CCCCCNC(=O)C(c1cccc(C)c1C)N(C(=O)CNC(=O)OC(C)(C)C)C(C)C. The number of ether oxygens (including phenoxy) is 1. The van der Waals surface area contributed by atoms with E-state index in [-0.39, 0.29) is 24.4 Å². The van der Waals surface area contributed by atoms with Crippen molar-refractivity contribution in [3.63, 3.8) is 0 Å². The van der Waals surface area contributed by atoms with Crippen LogP contribution in [0.2, 0.25) is 0 Å². The highest BCUT2D eigenvalue weighted by Crippen LogP contribution is 2.28. The van der Waals surface area contributed by atoms with Gasteiger partial charge in [0.25, 0.3) is 0 Å². The lowest BCUT2D eigenvalue weighted by atomic mass is 9.94. The second-order valence-electron chi connectivity index (χ2n) is 9.44. The van der Waals surface area contributed by atoms with Crippen molar-refractivity contribution in [2.24, 2.45) is 0 Å². The molecule has 180 valence electrons. The van der Waals surface area contributed by atoms with E-state index in [4.69, 9.17) is 4.74 Å². The van der Waals surface area contributed by atoms with Crippen molar-refractivity contribution in [1.82, 2.24) is 15.5 Å². The van der Waals surface area contributed by atoms with Gasteiger partial charge in [-0.25, -0.2) is 4.79 Å². The zero-order valence-corrected chi connectivity index (χ0v) is 21.0. The summed E-state index contributed by atoms with van der Waals surface area (Å²) in [5.74, 6) is -0.561. The van der Waals surface area contributed by atoms with E-state index in [1.165, 1.54) is 0 Å². The molecule has 0 aromatic heterocycles. The quantitative estimate of drug-likeness (QED) is 0.520. The molecule has 0 aliphatic carbocycles. The van der Waals surface area contributed by atoms with E-state index in [0.717, 1.165) is 36.0 Å². The third kappa shape index (κ3) is 8.52. The van der Waals surface area contributed by atoms with E-state index in [0.29, 0.717) is 6.54 Å². The summed E-state index contributed by atoms with van der Waals surface area (Å²) in [7, 11) is 0. The van der Waals surface area contributed by atoms with Gasteiger partial charge in [0, 0.05) is 12.6 Å².